The molecule has 0 radical (unpaired) electrons. The van der Waals surface area contributed by atoms with Gasteiger partial charge in [-0.15, -0.1) is 0 Å². The Morgan fingerprint density at radius 1 is 1.15 bits per heavy atom. The number of halogens is 4. The number of hydrogen-bond acceptors (Lipinski definition) is 5. The number of carbonyl (C=O) groups excluding carboxylic acids is 1. The van der Waals surface area contributed by atoms with Gasteiger partial charge in [-0.25, -0.2) is 27.3 Å². The molecule has 3 aromatic rings. The molecule has 0 spiro atoms. The first-order chi connectivity index (χ1) is 15.6. The third-order valence-corrected chi connectivity index (χ3v) is 4.99. The van der Waals surface area contributed by atoms with Crippen LogP contribution in [0.2, 0.25) is 0 Å². The molecular formula is C22H17F4N3O4. The van der Waals surface area contributed by atoms with Gasteiger partial charge in [0.1, 0.15) is 34.7 Å². The lowest BCUT2D eigenvalue weighted by Crippen LogP contribution is -2.42. The van der Waals surface area contributed by atoms with Crippen LogP contribution in [0.1, 0.15) is 18.5 Å². The maximum Gasteiger partial charge on any atom is 0.326 e. The second-order valence-corrected chi connectivity index (χ2v) is 7.51. The fourth-order valence-corrected chi connectivity index (χ4v) is 3.24. The molecule has 1 atom stereocenters. The molecule has 2 heterocycles. The first-order valence-electron chi connectivity index (χ1n) is 9.64. The number of benzene rings is 2. The molecule has 2 amide bonds. The van der Waals surface area contributed by atoms with Crippen LogP contribution in [0, 0.1) is 23.3 Å². The summed E-state index contributed by atoms with van der Waals surface area (Å²) in [4.78, 5) is 17.2. The summed E-state index contributed by atoms with van der Waals surface area (Å²) in [6.45, 7) is 0.223. The Morgan fingerprint density at radius 3 is 2.48 bits per heavy atom. The van der Waals surface area contributed by atoms with E-state index in [9.17, 15) is 32.6 Å². The van der Waals surface area contributed by atoms with E-state index in [2.05, 4.69) is 10.3 Å². The standard InChI is InChI=1S/C22H17F4N3O4/c1-22(32,10-30)20-28-17(19(33-20)13-6-5-12(23)7-16(13)26)11-8-27-21(31)29(9-11)18-14(24)3-2-4-15(18)25/h2-7,9,30,32H,8,10H2,1H3,(H,27,31)/t22-/m0/s1. The number of para-hydroxylation sites is 1. The first-order valence-corrected chi connectivity index (χ1v) is 9.64. The molecule has 0 saturated heterocycles. The highest BCUT2D eigenvalue weighted by atomic mass is 19.1. The molecule has 1 aromatic heterocycles. The van der Waals surface area contributed by atoms with Gasteiger partial charge in [-0.05, 0) is 31.2 Å². The number of carbonyl (C=O) groups is 1. The quantitative estimate of drug-likeness (QED) is 0.502. The Kier molecular flexibility index (Phi) is 5.68. The molecule has 11 heteroatoms. The molecule has 172 valence electrons. The topological polar surface area (TPSA) is 98.8 Å². The van der Waals surface area contributed by atoms with E-state index in [4.69, 9.17) is 4.42 Å². The molecule has 4 rings (SSSR count). The van der Waals surface area contributed by atoms with Gasteiger partial charge in [0, 0.05) is 24.4 Å². The van der Waals surface area contributed by atoms with Gasteiger partial charge in [0.2, 0.25) is 5.89 Å². The second kappa shape index (κ2) is 8.34. The highest BCUT2D eigenvalue weighted by Gasteiger charge is 2.34. The highest BCUT2D eigenvalue weighted by molar-refractivity contribution is 5.99. The molecule has 0 aliphatic carbocycles. The number of hydrogen-bond donors (Lipinski definition) is 3. The van der Waals surface area contributed by atoms with Gasteiger partial charge < -0.3 is 19.9 Å². The molecule has 1 aliphatic heterocycles. The zero-order valence-corrected chi connectivity index (χ0v) is 17.1. The van der Waals surface area contributed by atoms with E-state index < -0.39 is 47.2 Å². The normalized spacial score (nSPS) is 15.8. The van der Waals surface area contributed by atoms with Crippen LogP contribution in [-0.4, -0.2) is 34.4 Å². The Morgan fingerprint density at radius 2 is 1.85 bits per heavy atom. The second-order valence-electron chi connectivity index (χ2n) is 7.51. The van der Waals surface area contributed by atoms with Gasteiger partial charge >= 0.3 is 6.03 Å². The maximum absolute atomic E-state index is 14.5. The summed E-state index contributed by atoms with van der Waals surface area (Å²) in [5.41, 5.74) is -2.78. The van der Waals surface area contributed by atoms with Crippen molar-refractivity contribution in [2.75, 3.05) is 18.1 Å². The lowest BCUT2D eigenvalue weighted by molar-refractivity contribution is -0.0234. The number of aromatic nitrogens is 1. The first kappa shape index (κ1) is 22.5. The van der Waals surface area contributed by atoms with Crippen LogP contribution in [0.3, 0.4) is 0 Å². The number of anilines is 1. The smallest absolute Gasteiger partial charge is 0.326 e. The van der Waals surface area contributed by atoms with Crippen molar-refractivity contribution in [2.24, 2.45) is 0 Å². The van der Waals surface area contributed by atoms with Gasteiger partial charge in [-0.1, -0.05) is 6.07 Å². The summed E-state index contributed by atoms with van der Waals surface area (Å²) in [7, 11) is 0. The van der Waals surface area contributed by atoms with Gasteiger partial charge in [0.25, 0.3) is 0 Å². The van der Waals surface area contributed by atoms with Gasteiger partial charge in [-0.3, -0.25) is 4.90 Å². The number of aliphatic hydroxyl groups excluding tert-OH is 1. The van der Waals surface area contributed by atoms with Crippen molar-refractivity contribution in [1.29, 1.82) is 0 Å². The molecular weight excluding hydrogens is 446 g/mol. The average molecular weight is 463 g/mol. The van der Waals surface area contributed by atoms with Crippen LogP contribution in [0.15, 0.2) is 47.0 Å². The maximum atomic E-state index is 14.5. The number of oxazole rings is 1. The number of nitrogens with one attached hydrogen (secondary N) is 1. The fourth-order valence-electron chi connectivity index (χ4n) is 3.24. The summed E-state index contributed by atoms with van der Waals surface area (Å²) in [6.07, 6.45) is 1.10. The van der Waals surface area contributed by atoms with Gasteiger partial charge in [0.05, 0.1) is 12.2 Å². The molecule has 7 nitrogen and oxygen atoms in total. The van der Waals surface area contributed by atoms with Crippen molar-refractivity contribution < 1.29 is 37.0 Å². The van der Waals surface area contributed by atoms with Crippen molar-refractivity contribution in [1.82, 2.24) is 10.3 Å². The third-order valence-electron chi connectivity index (χ3n) is 4.99. The van der Waals surface area contributed by atoms with E-state index >= 15 is 0 Å². The van der Waals surface area contributed by atoms with E-state index in [0.29, 0.717) is 11.0 Å². The monoisotopic (exact) mass is 463 g/mol. The molecule has 0 unspecified atom stereocenters. The number of rotatable bonds is 5. The number of aliphatic hydroxyl groups is 2. The predicted molar refractivity (Wildman–Crippen MR) is 109 cm³/mol. The summed E-state index contributed by atoms with van der Waals surface area (Å²) < 4.78 is 62.1. The lowest BCUT2D eigenvalue weighted by Gasteiger charge is -2.26. The van der Waals surface area contributed by atoms with Crippen LogP contribution in [0.25, 0.3) is 16.9 Å². The average Bonchev–Trinajstić information content (AvgIpc) is 3.21. The fraction of sp³-hybridized carbons (Fsp3) is 0.182. The minimum absolute atomic E-state index is 0.0917. The Labute approximate surface area is 184 Å². The Balaban J connectivity index is 1.91. The molecule has 2 aromatic carbocycles. The van der Waals surface area contributed by atoms with Crippen molar-refractivity contribution in [3.05, 3.63) is 77.5 Å². The van der Waals surface area contributed by atoms with E-state index in [1.807, 2.05) is 0 Å². The number of amides is 2. The van der Waals surface area contributed by atoms with E-state index in [0.717, 1.165) is 36.5 Å². The van der Waals surface area contributed by atoms with E-state index in [-0.39, 0.29) is 35.0 Å². The molecule has 0 fully saturated rings. The van der Waals surface area contributed by atoms with Crippen molar-refractivity contribution in [2.45, 2.75) is 12.5 Å². The zero-order chi connectivity index (χ0) is 23.9. The summed E-state index contributed by atoms with van der Waals surface area (Å²) in [5.74, 6) is -4.48. The predicted octanol–water partition coefficient (Wildman–Crippen LogP) is 3.67. The zero-order valence-electron chi connectivity index (χ0n) is 17.1. The minimum atomic E-state index is -1.96. The van der Waals surface area contributed by atoms with Crippen LogP contribution in [0.5, 0.6) is 0 Å². The van der Waals surface area contributed by atoms with E-state index in [1.54, 1.807) is 0 Å². The third kappa shape index (κ3) is 4.08. The molecule has 0 bridgehead atoms. The molecule has 1 aliphatic rings. The minimum Gasteiger partial charge on any atom is -0.437 e. The largest absolute Gasteiger partial charge is 0.437 e. The lowest BCUT2D eigenvalue weighted by atomic mass is 10.0. The highest BCUT2D eigenvalue weighted by Crippen LogP contribution is 2.36. The van der Waals surface area contributed by atoms with Crippen LogP contribution in [0.4, 0.5) is 28.0 Å². The number of nitrogens with zero attached hydrogens (tertiary/aromatic N) is 2. The van der Waals surface area contributed by atoms with Crippen molar-refractivity contribution >= 4 is 17.3 Å². The SMILES string of the molecule is C[C@](O)(CO)c1nc(C2=CN(c3c(F)cccc3F)C(=O)NC2)c(-c2ccc(F)cc2F)o1. The van der Waals surface area contributed by atoms with Gasteiger partial charge in [-0.2, -0.15) is 0 Å². The summed E-state index contributed by atoms with van der Waals surface area (Å²) in [5, 5.41) is 22.3. The summed E-state index contributed by atoms with van der Waals surface area (Å²) >= 11 is 0. The van der Waals surface area contributed by atoms with Crippen LogP contribution in [-0.2, 0) is 5.60 Å². The molecule has 0 saturated carbocycles. The molecule has 3 N–H and O–H groups in total. The van der Waals surface area contributed by atoms with Crippen molar-refractivity contribution in [3.63, 3.8) is 0 Å². The van der Waals surface area contributed by atoms with E-state index in [1.165, 1.54) is 6.92 Å². The Bertz CT molecular complexity index is 1250. The van der Waals surface area contributed by atoms with Crippen LogP contribution < -0.4 is 10.2 Å². The van der Waals surface area contributed by atoms with Crippen molar-refractivity contribution in [3.8, 4) is 11.3 Å². The summed E-state index contributed by atoms with van der Waals surface area (Å²) in [6, 6.07) is 4.93. The molecule has 33 heavy (non-hydrogen) atoms. The number of urea groups is 1. The van der Waals surface area contributed by atoms with Gasteiger partial charge in [0.15, 0.2) is 11.4 Å². The Hall–Kier alpha value is -3.70. The van der Waals surface area contributed by atoms with Crippen LogP contribution >= 0.6 is 0 Å².